The van der Waals surface area contributed by atoms with Crippen LogP contribution in [-0.4, -0.2) is 26.2 Å². The third-order valence-electron chi connectivity index (χ3n) is 2.50. The lowest BCUT2D eigenvalue weighted by molar-refractivity contribution is -0.144. The van der Waals surface area contributed by atoms with E-state index in [4.69, 9.17) is 5.26 Å². The van der Waals surface area contributed by atoms with Crippen molar-refractivity contribution >= 4 is 17.6 Å². The summed E-state index contributed by atoms with van der Waals surface area (Å²) >= 11 is 0. The number of anilines is 1. The molecule has 1 aromatic rings. The summed E-state index contributed by atoms with van der Waals surface area (Å²) in [6, 6.07) is 8.55. The predicted octanol–water partition coefficient (Wildman–Crippen LogP) is 1.59. The van der Waals surface area contributed by atoms with Crippen molar-refractivity contribution in [2.24, 2.45) is 0 Å². The fourth-order valence-electron chi connectivity index (χ4n) is 1.50. The Kier molecular flexibility index (Phi) is 5.30. The number of carbonyl (C=O) groups excluding carboxylic acids is 2. The molecule has 0 aliphatic heterocycles. The minimum Gasteiger partial charge on any atom is -0.465 e. The van der Waals surface area contributed by atoms with Gasteiger partial charge in [-0.15, -0.1) is 0 Å². The quantitative estimate of drug-likeness (QED) is 0.388. The van der Waals surface area contributed by atoms with Crippen molar-refractivity contribution in [3.8, 4) is 6.07 Å². The summed E-state index contributed by atoms with van der Waals surface area (Å²) < 4.78 is 9.10. The molecule has 1 aromatic carbocycles. The average molecular weight is 274 g/mol. The predicted molar refractivity (Wildman–Crippen MR) is 71.5 cm³/mol. The van der Waals surface area contributed by atoms with Gasteiger partial charge in [-0.25, -0.2) is 9.59 Å². The van der Waals surface area contributed by atoms with E-state index in [0.717, 1.165) is 0 Å². The fraction of sp³-hybridized carbons (Fsp3) is 0.214. The Balaban J connectivity index is 3.06. The van der Waals surface area contributed by atoms with Crippen LogP contribution < -0.4 is 5.32 Å². The van der Waals surface area contributed by atoms with E-state index in [2.05, 4.69) is 14.8 Å². The Morgan fingerprint density at radius 1 is 1.10 bits per heavy atom. The molecule has 20 heavy (non-hydrogen) atoms. The Hall–Kier alpha value is -2.81. The van der Waals surface area contributed by atoms with Crippen molar-refractivity contribution in [3.63, 3.8) is 0 Å². The largest absolute Gasteiger partial charge is 0.465 e. The standard InChI is InChI=1S/C14H14N2O4/c1-9(12(13(17)19-2)14(18)20-3)16-11-6-4-10(8-15)5-7-11/h4-7,16H,1-3H3. The molecule has 0 saturated carbocycles. The number of nitriles is 1. The van der Waals surface area contributed by atoms with Crippen LogP contribution in [0.1, 0.15) is 12.5 Å². The Labute approximate surface area is 116 Å². The normalized spacial score (nSPS) is 9.10. The van der Waals surface area contributed by atoms with Gasteiger partial charge in [-0.1, -0.05) is 0 Å². The molecule has 0 fully saturated rings. The Morgan fingerprint density at radius 2 is 1.60 bits per heavy atom. The molecule has 0 spiro atoms. The number of esters is 2. The van der Waals surface area contributed by atoms with Crippen LogP contribution in [0.2, 0.25) is 0 Å². The monoisotopic (exact) mass is 274 g/mol. The molecule has 0 atom stereocenters. The molecule has 6 heteroatoms. The number of nitrogens with zero attached hydrogens (tertiary/aromatic N) is 1. The van der Waals surface area contributed by atoms with Gasteiger partial charge in [-0.2, -0.15) is 5.26 Å². The van der Waals surface area contributed by atoms with Crippen molar-refractivity contribution in [1.82, 2.24) is 0 Å². The van der Waals surface area contributed by atoms with Crippen molar-refractivity contribution in [2.75, 3.05) is 19.5 Å². The van der Waals surface area contributed by atoms with E-state index < -0.39 is 11.9 Å². The topological polar surface area (TPSA) is 88.4 Å². The molecule has 1 rings (SSSR count). The summed E-state index contributed by atoms with van der Waals surface area (Å²) in [5, 5.41) is 11.6. The first-order valence-electron chi connectivity index (χ1n) is 5.68. The second-order valence-electron chi connectivity index (χ2n) is 3.80. The van der Waals surface area contributed by atoms with Crippen LogP contribution in [0.3, 0.4) is 0 Å². The molecule has 1 N–H and O–H groups in total. The van der Waals surface area contributed by atoms with Crippen LogP contribution in [-0.2, 0) is 19.1 Å². The SMILES string of the molecule is COC(=O)C(C(=O)OC)=C(C)Nc1ccc(C#N)cc1. The molecule has 0 bridgehead atoms. The number of hydrogen-bond donors (Lipinski definition) is 1. The number of allylic oxidation sites excluding steroid dienone is 1. The lowest BCUT2D eigenvalue weighted by Gasteiger charge is -2.11. The van der Waals surface area contributed by atoms with E-state index >= 15 is 0 Å². The lowest BCUT2D eigenvalue weighted by atomic mass is 10.2. The van der Waals surface area contributed by atoms with Gasteiger partial charge in [-0.3, -0.25) is 0 Å². The van der Waals surface area contributed by atoms with E-state index in [1.165, 1.54) is 14.2 Å². The smallest absolute Gasteiger partial charge is 0.347 e. The van der Waals surface area contributed by atoms with Gasteiger partial charge in [0.05, 0.1) is 25.9 Å². The van der Waals surface area contributed by atoms with Crippen LogP contribution in [0, 0.1) is 11.3 Å². The number of carbonyl (C=O) groups is 2. The maximum absolute atomic E-state index is 11.6. The van der Waals surface area contributed by atoms with E-state index in [-0.39, 0.29) is 5.57 Å². The zero-order valence-corrected chi connectivity index (χ0v) is 11.4. The van der Waals surface area contributed by atoms with Gasteiger partial charge in [0.2, 0.25) is 0 Å². The molecule has 0 radical (unpaired) electrons. The maximum Gasteiger partial charge on any atom is 0.347 e. The number of methoxy groups -OCH3 is 2. The molecular formula is C14H14N2O4. The van der Waals surface area contributed by atoms with E-state index in [0.29, 0.717) is 16.9 Å². The van der Waals surface area contributed by atoms with Crippen LogP contribution in [0.4, 0.5) is 5.69 Å². The lowest BCUT2D eigenvalue weighted by Crippen LogP contribution is -2.20. The second-order valence-corrected chi connectivity index (χ2v) is 3.80. The maximum atomic E-state index is 11.6. The highest BCUT2D eigenvalue weighted by atomic mass is 16.5. The number of nitrogens with one attached hydrogen (secondary N) is 1. The zero-order chi connectivity index (χ0) is 15.1. The molecule has 104 valence electrons. The highest BCUT2D eigenvalue weighted by Crippen LogP contribution is 2.15. The first-order valence-corrected chi connectivity index (χ1v) is 5.68. The van der Waals surface area contributed by atoms with Crippen molar-refractivity contribution < 1.29 is 19.1 Å². The van der Waals surface area contributed by atoms with E-state index in [1.54, 1.807) is 31.2 Å². The Bertz CT molecular complexity index is 564. The molecule has 0 aliphatic carbocycles. The van der Waals surface area contributed by atoms with E-state index in [1.807, 2.05) is 6.07 Å². The highest BCUT2D eigenvalue weighted by molar-refractivity contribution is 6.14. The molecule has 0 saturated heterocycles. The van der Waals surface area contributed by atoms with Crippen LogP contribution in [0.15, 0.2) is 35.5 Å². The van der Waals surface area contributed by atoms with Gasteiger partial charge < -0.3 is 14.8 Å². The summed E-state index contributed by atoms with van der Waals surface area (Å²) in [5.74, 6) is -1.56. The van der Waals surface area contributed by atoms with Gasteiger partial charge in [0, 0.05) is 11.4 Å². The van der Waals surface area contributed by atoms with Crippen molar-refractivity contribution in [1.29, 1.82) is 5.26 Å². The summed E-state index contributed by atoms with van der Waals surface area (Å²) in [6.07, 6.45) is 0. The van der Waals surface area contributed by atoms with Gasteiger partial charge in [0.15, 0.2) is 5.57 Å². The minimum atomic E-state index is -0.782. The van der Waals surface area contributed by atoms with Crippen LogP contribution in [0.25, 0.3) is 0 Å². The van der Waals surface area contributed by atoms with Gasteiger partial charge in [0.1, 0.15) is 0 Å². The van der Waals surface area contributed by atoms with Gasteiger partial charge in [0.25, 0.3) is 0 Å². The van der Waals surface area contributed by atoms with Crippen LogP contribution in [0.5, 0.6) is 0 Å². The third-order valence-corrected chi connectivity index (χ3v) is 2.50. The fourth-order valence-corrected chi connectivity index (χ4v) is 1.50. The van der Waals surface area contributed by atoms with Crippen LogP contribution >= 0.6 is 0 Å². The summed E-state index contributed by atoms with van der Waals surface area (Å²) in [6.45, 7) is 1.56. The number of ether oxygens (including phenoxy) is 2. The third kappa shape index (κ3) is 3.59. The molecule has 0 amide bonds. The molecule has 0 unspecified atom stereocenters. The Morgan fingerprint density at radius 3 is 2.00 bits per heavy atom. The summed E-state index contributed by atoms with van der Waals surface area (Å²) in [4.78, 5) is 23.2. The average Bonchev–Trinajstić information content (AvgIpc) is 2.47. The molecular weight excluding hydrogens is 260 g/mol. The zero-order valence-electron chi connectivity index (χ0n) is 11.4. The molecule has 0 aromatic heterocycles. The van der Waals surface area contributed by atoms with Gasteiger partial charge in [-0.05, 0) is 31.2 Å². The second kappa shape index (κ2) is 6.95. The number of benzene rings is 1. The van der Waals surface area contributed by atoms with Gasteiger partial charge >= 0.3 is 11.9 Å². The van der Waals surface area contributed by atoms with Crippen molar-refractivity contribution in [2.45, 2.75) is 6.92 Å². The molecule has 0 aliphatic rings. The highest BCUT2D eigenvalue weighted by Gasteiger charge is 2.23. The first kappa shape index (κ1) is 15.2. The first-order chi connectivity index (χ1) is 9.53. The number of hydrogen-bond acceptors (Lipinski definition) is 6. The molecule has 6 nitrogen and oxygen atoms in total. The summed E-state index contributed by atoms with van der Waals surface area (Å²) in [5.41, 5.74) is 1.23. The minimum absolute atomic E-state index is 0.209. The molecule has 0 heterocycles. The number of rotatable bonds is 4. The van der Waals surface area contributed by atoms with Crippen molar-refractivity contribution in [3.05, 3.63) is 41.1 Å². The summed E-state index contributed by atoms with van der Waals surface area (Å²) in [7, 11) is 2.36. The van der Waals surface area contributed by atoms with E-state index in [9.17, 15) is 9.59 Å².